The van der Waals surface area contributed by atoms with E-state index in [2.05, 4.69) is 0 Å². The summed E-state index contributed by atoms with van der Waals surface area (Å²) >= 11 is 1.60. The van der Waals surface area contributed by atoms with Crippen molar-refractivity contribution in [3.8, 4) is 0 Å². The molecule has 0 aliphatic carbocycles. The molecule has 0 saturated carbocycles. The molecule has 34 heavy (non-hydrogen) atoms. The van der Waals surface area contributed by atoms with E-state index in [1.807, 2.05) is 32.9 Å². The number of thiophene rings is 1. The van der Waals surface area contributed by atoms with Gasteiger partial charge >= 0.3 is 0 Å². The second kappa shape index (κ2) is 11.7. The summed E-state index contributed by atoms with van der Waals surface area (Å²) < 4.78 is 41.4. The number of hydrogen-bond acceptors (Lipinski definition) is 4. The van der Waals surface area contributed by atoms with Crippen LogP contribution >= 0.6 is 11.3 Å². The van der Waals surface area contributed by atoms with Gasteiger partial charge in [0.1, 0.15) is 5.82 Å². The fraction of sp³-hybridized carbons (Fsp3) is 0.346. The van der Waals surface area contributed by atoms with Gasteiger partial charge in [-0.2, -0.15) is 4.31 Å². The number of sulfonamides is 1. The summed E-state index contributed by atoms with van der Waals surface area (Å²) in [5.41, 5.74) is 1.75. The van der Waals surface area contributed by atoms with Gasteiger partial charge in [-0.05, 0) is 62.2 Å². The second-order valence-corrected chi connectivity index (χ2v) is 11.7. The van der Waals surface area contributed by atoms with Crippen molar-refractivity contribution in [2.75, 3.05) is 13.1 Å². The SMILES string of the molecule is CCCCN(CC(=O)N(Cc1ccc(F)cc1)Cc1ccc(C)s1)S(=O)(=O)c1ccc(C)cc1. The lowest BCUT2D eigenvalue weighted by Crippen LogP contribution is -2.42. The highest BCUT2D eigenvalue weighted by Gasteiger charge is 2.28. The number of nitrogens with zero attached hydrogens (tertiary/aromatic N) is 2. The number of unbranched alkanes of at least 4 members (excludes halogenated alkanes) is 1. The number of amides is 1. The lowest BCUT2D eigenvalue weighted by atomic mass is 10.2. The van der Waals surface area contributed by atoms with Gasteiger partial charge < -0.3 is 4.90 Å². The summed E-state index contributed by atoms with van der Waals surface area (Å²) in [6.45, 7) is 6.53. The standard InChI is InChI=1S/C26H31FN2O3S2/c1-4-5-16-29(34(31,32)25-14-6-20(2)7-15-25)19-26(30)28(18-24-13-8-21(3)33-24)17-22-9-11-23(27)12-10-22/h6-15H,4-5,16-19H2,1-3H3. The first-order valence-corrected chi connectivity index (χ1v) is 13.6. The van der Waals surface area contributed by atoms with Crippen molar-refractivity contribution in [3.63, 3.8) is 0 Å². The third kappa shape index (κ3) is 6.98. The largest absolute Gasteiger partial charge is 0.332 e. The van der Waals surface area contributed by atoms with Gasteiger partial charge in [0.15, 0.2) is 0 Å². The Morgan fingerprint density at radius 3 is 2.21 bits per heavy atom. The molecular weight excluding hydrogens is 471 g/mol. The highest BCUT2D eigenvalue weighted by molar-refractivity contribution is 7.89. The first-order chi connectivity index (χ1) is 16.2. The lowest BCUT2D eigenvalue weighted by Gasteiger charge is -2.27. The Labute approximate surface area is 205 Å². The molecule has 0 unspecified atom stereocenters. The molecule has 0 bridgehead atoms. The van der Waals surface area contributed by atoms with E-state index >= 15 is 0 Å². The van der Waals surface area contributed by atoms with Gasteiger partial charge in [-0.3, -0.25) is 4.79 Å². The summed E-state index contributed by atoms with van der Waals surface area (Å²) in [6.07, 6.45) is 1.46. The van der Waals surface area contributed by atoms with Crippen molar-refractivity contribution in [1.82, 2.24) is 9.21 Å². The van der Waals surface area contributed by atoms with Crippen LogP contribution in [-0.2, 0) is 27.9 Å². The van der Waals surface area contributed by atoms with E-state index in [9.17, 15) is 17.6 Å². The van der Waals surface area contributed by atoms with Crippen LogP contribution < -0.4 is 0 Å². The molecule has 182 valence electrons. The zero-order chi connectivity index (χ0) is 24.7. The van der Waals surface area contributed by atoms with Crippen LogP contribution in [0, 0.1) is 19.7 Å². The predicted molar refractivity (Wildman–Crippen MR) is 135 cm³/mol. The van der Waals surface area contributed by atoms with E-state index in [0.29, 0.717) is 13.0 Å². The molecule has 1 aromatic heterocycles. The number of hydrogen-bond donors (Lipinski definition) is 0. The molecule has 5 nitrogen and oxygen atoms in total. The highest BCUT2D eigenvalue weighted by atomic mass is 32.2. The Bertz CT molecular complexity index is 1190. The van der Waals surface area contributed by atoms with E-state index in [-0.39, 0.29) is 36.3 Å². The monoisotopic (exact) mass is 502 g/mol. The van der Waals surface area contributed by atoms with Crippen LogP contribution in [0.15, 0.2) is 65.6 Å². The number of carbonyl (C=O) groups is 1. The van der Waals surface area contributed by atoms with Crippen LogP contribution in [0.25, 0.3) is 0 Å². The van der Waals surface area contributed by atoms with Crippen LogP contribution in [0.1, 0.15) is 40.6 Å². The first kappa shape index (κ1) is 26.1. The molecule has 8 heteroatoms. The van der Waals surface area contributed by atoms with E-state index in [1.165, 1.54) is 16.4 Å². The minimum absolute atomic E-state index is 0.181. The van der Waals surface area contributed by atoms with Gasteiger partial charge in [-0.1, -0.05) is 43.2 Å². The molecule has 0 atom stereocenters. The fourth-order valence-electron chi connectivity index (χ4n) is 3.53. The van der Waals surface area contributed by atoms with Crippen LogP contribution in [0.4, 0.5) is 4.39 Å². The molecule has 0 N–H and O–H groups in total. The quantitative estimate of drug-likeness (QED) is 0.347. The van der Waals surface area contributed by atoms with Gasteiger partial charge in [-0.15, -0.1) is 11.3 Å². The van der Waals surface area contributed by atoms with E-state index < -0.39 is 10.0 Å². The van der Waals surface area contributed by atoms with Crippen molar-refractivity contribution >= 4 is 27.3 Å². The maximum atomic E-state index is 13.5. The molecule has 0 aliphatic rings. The molecule has 1 amide bonds. The van der Waals surface area contributed by atoms with E-state index in [4.69, 9.17) is 0 Å². The smallest absolute Gasteiger partial charge is 0.243 e. The van der Waals surface area contributed by atoms with Crippen molar-refractivity contribution < 1.29 is 17.6 Å². The summed E-state index contributed by atoms with van der Waals surface area (Å²) in [5.74, 6) is -0.632. The molecule has 3 rings (SSSR count). The number of benzene rings is 2. The minimum atomic E-state index is -3.83. The Morgan fingerprint density at radius 1 is 0.941 bits per heavy atom. The first-order valence-electron chi connectivity index (χ1n) is 11.3. The molecule has 0 radical (unpaired) electrons. The number of carbonyl (C=O) groups excluding carboxylic acids is 1. The van der Waals surface area contributed by atoms with Crippen molar-refractivity contribution in [1.29, 1.82) is 0 Å². The van der Waals surface area contributed by atoms with Gasteiger partial charge in [0, 0.05) is 22.8 Å². The van der Waals surface area contributed by atoms with Crippen molar-refractivity contribution in [2.45, 2.75) is 51.6 Å². The summed E-state index contributed by atoms with van der Waals surface area (Å²) in [7, 11) is -3.83. The Balaban J connectivity index is 1.86. The zero-order valence-electron chi connectivity index (χ0n) is 19.8. The number of aryl methyl sites for hydroxylation is 2. The second-order valence-electron chi connectivity index (χ2n) is 8.39. The Hall–Kier alpha value is -2.55. The van der Waals surface area contributed by atoms with Gasteiger partial charge in [0.2, 0.25) is 15.9 Å². The molecule has 0 spiro atoms. The third-order valence-electron chi connectivity index (χ3n) is 5.51. The molecule has 0 saturated heterocycles. The third-order valence-corrected chi connectivity index (χ3v) is 8.36. The van der Waals surface area contributed by atoms with Crippen LogP contribution in [0.2, 0.25) is 0 Å². The fourth-order valence-corrected chi connectivity index (χ4v) is 5.86. The summed E-state index contributed by atoms with van der Waals surface area (Å²) in [4.78, 5) is 17.4. The van der Waals surface area contributed by atoms with Crippen LogP contribution in [0.3, 0.4) is 0 Å². The van der Waals surface area contributed by atoms with Crippen LogP contribution in [0.5, 0.6) is 0 Å². The molecule has 1 heterocycles. The molecular formula is C26H31FN2O3S2. The predicted octanol–water partition coefficient (Wildman–Crippen LogP) is 5.52. The maximum Gasteiger partial charge on any atom is 0.243 e. The van der Waals surface area contributed by atoms with E-state index in [0.717, 1.165) is 27.3 Å². The van der Waals surface area contributed by atoms with Crippen molar-refractivity contribution in [3.05, 3.63) is 87.4 Å². The molecule has 0 fully saturated rings. The highest BCUT2D eigenvalue weighted by Crippen LogP contribution is 2.21. The lowest BCUT2D eigenvalue weighted by molar-refractivity contribution is -0.132. The molecule has 3 aromatic rings. The van der Waals surface area contributed by atoms with Crippen molar-refractivity contribution in [2.24, 2.45) is 0 Å². The van der Waals surface area contributed by atoms with Gasteiger partial charge in [0.05, 0.1) is 18.0 Å². The van der Waals surface area contributed by atoms with Crippen LogP contribution in [-0.4, -0.2) is 36.6 Å². The minimum Gasteiger partial charge on any atom is -0.332 e. The molecule has 2 aromatic carbocycles. The Morgan fingerprint density at radius 2 is 1.62 bits per heavy atom. The normalized spacial score (nSPS) is 11.7. The van der Waals surface area contributed by atoms with Gasteiger partial charge in [-0.25, -0.2) is 12.8 Å². The van der Waals surface area contributed by atoms with Gasteiger partial charge in [0.25, 0.3) is 0 Å². The summed E-state index contributed by atoms with van der Waals surface area (Å²) in [6, 6.07) is 16.7. The number of halogens is 1. The average molecular weight is 503 g/mol. The molecule has 0 aliphatic heterocycles. The average Bonchev–Trinajstić information content (AvgIpc) is 3.22. The Kier molecular flexibility index (Phi) is 8.99. The maximum absolute atomic E-state index is 13.5. The summed E-state index contributed by atoms with van der Waals surface area (Å²) in [5, 5.41) is 0. The van der Waals surface area contributed by atoms with E-state index in [1.54, 1.807) is 52.6 Å². The zero-order valence-corrected chi connectivity index (χ0v) is 21.5. The number of rotatable bonds is 11. The topological polar surface area (TPSA) is 57.7 Å².